The van der Waals surface area contributed by atoms with Crippen molar-refractivity contribution in [3.63, 3.8) is 0 Å². The molecule has 0 saturated heterocycles. The molecule has 0 radical (unpaired) electrons. The van der Waals surface area contributed by atoms with E-state index >= 15 is 0 Å². The van der Waals surface area contributed by atoms with Gasteiger partial charge in [-0.2, -0.15) is 0 Å². The van der Waals surface area contributed by atoms with Crippen LogP contribution in [0.15, 0.2) is 23.8 Å². The fraction of sp³-hybridized carbons (Fsp3) is 0.600. The van der Waals surface area contributed by atoms with Gasteiger partial charge in [0.2, 0.25) is 0 Å². The Labute approximate surface area is 79.7 Å². The van der Waals surface area contributed by atoms with Crippen LogP contribution < -0.4 is 0 Å². The Bertz CT molecular complexity index is 141. The van der Waals surface area contributed by atoms with Crippen LogP contribution in [0.1, 0.15) is 32.6 Å². The molecule has 0 fully saturated rings. The maximum atomic E-state index is 9.34. The molecule has 0 saturated carbocycles. The Morgan fingerprint density at radius 2 is 2.08 bits per heavy atom. The molecule has 0 aromatic heterocycles. The van der Waals surface area contributed by atoms with Gasteiger partial charge in [0.1, 0.15) is 0 Å². The molecule has 70 valence electrons. The average molecular weight is 189 g/mol. The highest BCUT2D eigenvalue weighted by molar-refractivity contribution is 6.25. The molecule has 0 aromatic rings. The molecule has 0 heterocycles. The molecule has 0 amide bonds. The fourth-order valence-corrected chi connectivity index (χ4v) is 1.02. The molecule has 0 aliphatic heterocycles. The van der Waals surface area contributed by atoms with E-state index in [1.165, 1.54) is 18.4 Å². The summed E-state index contributed by atoms with van der Waals surface area (Å²) in [5.41, 5.74) is 1.43. The van der Waals surface area contributed by atoms with Gasteiger partial charge in [0.05, 0.1) is 6.10 Å². The largest absolute Gasteiger partial charge is 0.389 e. The van der Waals surface area contributed by atoms with E-state index in [0.29, 0.717) is 0 Å². The third kappa shape index (κ3) is 7.83. The standard InChI is InChI=1S/C10H17ClO/c1-2-3-4-7-10(12)8-5-6-9-11/h5-6,8-10,12H,2-4,7H2,1H3/b8-5+,9-6-. The molecule has 1 N–H and O–H groups in total. The lowest BCUT2D eigenvalue weighted by Crippen LogP contribution is -2.00. The number of hydrogen-bond donors (Lipinski definition) is 1. The highest BCUT2D eigenvalue weighted by Gasteiger charge is 1.96. The van der Waals surface area contributed by atoms with Crippen LogP contribution in [0.25, 0.3) is 0 Å². The maximum absolute atomic E-state index is 9.34. The van der Waals surface area contributed by atoms with Crippen LogP contribution in [0.4, 0.5) is 0 Å². The second-order valence-electron chi connectivity index (χ2n) is 2.77. The van der Waals surface area contributed by atoms with Crippen molar-refractivity contribution in [2.45, 2.75) is 38.7 Å². The van der Waals surface area contributed by atoms with Gasteiger partial charge in [-0.1, -0.05) is 56.0 Å². The number of allylic oxidation sites excluding steroid dienone is 2. The van der Waals surface area contributed by atoms with Gasteiger partial charge in [0.15, 0.2) is 0 Å². The monoisotopic (exact) mass is 188 g/mol. The van der Waals surface area contributed by atoms with Crippen LogP contribution in [-0.4, -0.2) is 11.2 Å². The van der Waals surface area contributed by atoms with Crippen LogP contribution in [0.3, 0.4) is 0 Å². The minimum Gasteiger partial charge on any atom is -0.389 e. The Kier molecular flexibility index (Phi) is 8.62. The van der Waals surface area contributed by atoms with Crippen LogP contribution in [0.2, 0.25) is 0 Å². The SMILES string of the molecule is CCCCCC(O)/C=C/C=C\Cl. The maximum Gasteiger partial charge on any atom is 0.0723 e. The first-order valence-corrected chi connectivity index (χ1v) is 4.86. The molecule has 0 aliphatic carbocycles. The van der Waals surface area contributed by atoms with Crippen molar-refractivity contribution in [2.24, 2.45) is 0 Å². The van der Waals surface area contributed by atoms with Crippen LogP contribution in [0.5, 0.6) is 0 Å². The highest BCUT2D eigenvalue weighted by Crippen LogP contribution is 2.04. The molecule has 0 bridgehead atoms. The minimum absolute atomic E-state index is 0.315. The first-order chi connectivity index (χ1) is 5.81. The molecular weight excluding hydrogens is 172 g/mol. The zero-order chi connectivity index (χ0) is 9.23. The lowest BCUT2D eigenvalue weighted by Gasteiger charge is -2.02. The zero-order valence-corrected chi connectivity index (χ0v) is 8.30. The summed E-state index contributed by atoms with van der Waals surface area (Å²) in [5, 5.41) is 9.34. The Morgan fingerprint density at radius 1 is 1.33 bits per heavy atom. The number of hydrogen-bond acceptors (Lipinski definition) is 1. The summed E-state index contributed by atoms with van der Waals surface area (Å²) >= 11 is 5.30. The van der Waals surface area contributed by atoms with Gasteiger partial charge in [-0.25, -0.2) is 0 Å². The first kappa shape index (κ1) is 11.7. The molecule has 0 rings (SSSR count). The summed E-state index contributed by atoms with van der Waals surface area (Å²) in [6.07, 6.45) is 9.23. The smallest absolute Gasteiger partial charge is 0.0723 e. The molecule has 12 heavy (non-hydrogen) atoms. The molecule has 1 nitrogen and oxygen atoms in total. The quantitative estimate of drug-likeness (QED) is 0.501. The van der Waals surface area contributed by atoms with Crippen molar-refractivity contribution >= 4 is 11.6 Å². The van der Waals surface area contributed by atoms with E-state index in [1.54, 1.807) is 18.2 Å². The zero-order valence-electron chi connectivity index (χ0n) is 7.54. The van der Waals surface area contributed by atoms with Gasteiger partial charge in [-0.05, 0) is 6.42 Å². The Morgan fingerprint density at radius 3 is 2.67 bits per heavy atom. The highest BCUT2D eigenvalue weighted by atomic mass is 35.5. The molecule has 1 atom stereocenters. The Hall–Kier alpha value is -0.270. The number of rotatable bonds is 6. The van der Waals surface area contributed by atoms with Crippen LogP contribution >= 0.6 is 11.6 Å². The number of unbranched alkanes of at least 4 members (excludes halogenated alkanes) is 2. The van der Waals surface area contributed by atoms with E-state index < -0.39 is 0 Å². The summed E-state index contributed by atoms with van der Waals surface area (Å²) < 4.78 is 0. The van der Waals surface area contributed by atoms with Crippen molar-refractivity contribution < 1.29 is 5.11 Å². The van der Waals surface area contributed by atoms with E-state index in [9.17, 15) is 5.11 Å². The third-order valence-electron chi connectivity index (χ3n) is 1.62. The van der Waals surface area contributed by atoms with Gasteiger partial charge < -0.3 is 5.11 Å². The van der Waals surface area contributed by atoms with Crippen molar-refractivity contribution in [3.05, 3.63) is 23.8 Å². The van der Waals surface area contributed by atoms with Gasteiger partial charge in [-0.15, -0.1) is 0 Å². The molecular formula is C10H17ClO. The van der Waals surface area contributed by atoms with Gasteiger partial charge >= 0.3 is 0 Å². The van der Waals surface area contributed by atoms with Crippen molar-refractivity contribution in [1.82, 2.24) is 0 Å². The molecule has 0 aromatic carbocycles. The predicted molar refractivity (Wildman–Crippen MR) is 54.3 cm³/mol. The summed E-state index contributed by atoms with van der Waals surface area (Å²) in [6.45, 7) is 2.15. The molecule has 1 unspecified atom stereocenters. The normalized spacial score (nSPS) is 14.6. The van der Waals surface area contributed by atoms with Crippen molar-refractivity contribution in [2.75, 3.05) is 0 Å². The van der Waals surface area contributed by atoms with E-state index in [4.69, 9.17) is 11.6 Å². The molecule has 0 aliphatic rings. The van der Waals surface area contributed by atoms with Crippen LogP contribution in [-0.2, 0) is 0 Å². The number of aliphatic hydroxyl groups is 1. The second-order valence-corrected chi connectivity index (χ2v) is 3.02. The summed E-state index contributed by atoms with van der Waals surface area (Å²) in [5.74, 6) is 0. The third-order valence-corrected chi connectivity index (χ3v) is 1.77. The van der Waals surface area contributed by atoms with Gasteiger partial charge in [-0.3, -0.25) is 0 Å². The minimum atomic E-state index is -0.315. The van der Waals surface area contributed by atoms with E-state index in [0.717, 1.165) is 12.8 Å². The van der Waals surface area contributed by atoms with Gasteiger partial charge in [0.25, 0.3) is 0 Å². The van der Waals surface area contributed by atoms with Crippen molar-refractivity contribution in [3.8, 4) is 0 Å². The lowest BCUT2D eigenvalue weighted by atomic mass is 10.1. The summed E-state index contributed by atoms with van der Waals surface area (Å²) in [4.78, 5) is 0. The number of halogens is 1. The van der Waals surface area contributed by atoms with E-state index in [1.807, 2.05) is 0 Å². The van der Waals surface area contributed by atoms with E-state index in [-0.39, 0.29) is 6.10 Å². The van der Waals surface area contributed by atoms with E-state index in [2.05, 4.69) is 6.92 Å². The van der Waals surface area contributed by atoms with Crippen molar-refractivity contribution in [1.29, 1.82) is 0 Å². The topological polar surface area (TPSA) is 20.2 Å². The molecule has 0 spiro atoms. The fourth-order valence-electron chi connectivity index (χ4n) is 0.934. The second kappa shape index (κ2) is 8.82. The summed E-state index contributed by atoms with van der Waals surface area (Å²) in [6, 6.07) is 0. The summed E-state index contributed by atoms with van der Waals surface area (Å²) in [7, 11) is 0. The Balaban J connectivity index is 3.38. The lowest BCUT2D eigenvalue weighted by molar-refractivity contribution is 0.208. The number of aliphatic hydroxyl groups excluding tert-OH is 1. The molecule has 2 heteroatoms. The van der Waals surface area contributed by atoms with Crippen LogP contribution in [0, 0.1) is 0 Å². The predicted octanol–water partition coefficient (Wildman–Crippen LogP) is 3.24. The average Bonchev–Trinajstić information content (AvgIpc) is 2.06. The van der Waals surface area contributed by atoms with Gasteiger partial charge in [0, 0.05) is 5.54 Å². The first-order valence-electron chi connectivity index (χ1n) is 4.43.